The Kier molecular flexibility index (Phi) is 9.00. The first-order valence-corrected chi connectivity index (χ1v) is 8.15. The molecule has 0 aliphatic carbocycles. The van der Waals surface area contributed by atoms with Crippen LogP contribution in [0.4, 0.5) is 17.6 Å². The lowest BCUT2D eigenvalue weighted by Crippen LogP contribution is -2.38. The van der Waals surface area contributed by atoms with Crippen molar-refractivity contribution in [1.29, 1.82) is 0 Å². The molecular formula is C17H22F4IN5. The van der Waals surface area contributed by atoms with Crippen LogP contribution in [0, 0.1) is 5.82 Å². The van der Waals surface area contributed by atoms with Crippen molar-refractivity contribution in [3.63, 3.8) is 0 Å². The minimum atomic E-state index is -4.63. The molecule has 10 heteroatoms. The van der Waals surface area contributed by atoms with Crippen molar-refractivity contribution in [2.24, 2.45) is 12.0 Å². The van der Waals surface area contributed by atoms with E-state index in [0.717, 1.165) is 17.7 Å². The summed E-state index contributed by atoms with van der Waals surface area (Å²) >= 11 is 0. The van der Waals surface area contributed by atoms with Gasteiger partial charge in [-0.05, 0) is 36.6 Å². The van der Waals surface area contributed by atoms with Gasteiger partial charge in [0.15, 0.2) is 5.96 Å². The Morgan fingerprint density at radius 1 is 1.26 bits per heavy atom. The molecule has 2 aromatic rings. The molecule has 5 nitrogen and oxygen atoms in total. The summed E-state index contributed by atoms with van der Waals surface area (Å²) in [7, 11) is 1.82. The fourth-order valence-corrected chi connectivity index (χ4v) is 2.38. The summed E-state index contributed by atoms with van der Waals surface area (Å²) in [5.41, 5.74) is -0.0513. The second kappa shape index (κ2) is 10.5. The Hall–Kier alpha value is -1.85. The maximum Gasteiger partial charge on any atom is 0.416 e. The molecular weight excluding hydrogens is 477 g/mol. The van der Waals surface area contributed by atoms with Crippen molar-refractivity contribution in [3.05, 3.63) is 53.1 Å². The molecule has 0 bridgehead atoms. The number of guanidine groups is 1. The van der Waals surface area contributed by atoms with E-state index >= 15 is 0 Å². The monoisotopic (exact) mass is 499 g/mol. The molecule has 0 saturated carbocycles. The van der Waals surface area contributed by atoms with Gasteiger partial charge >= 0.3 is 6.18 Å². The van der Waals surface area contributed by atoms with Gasteiger partial charge in [-0.25, -0.2) is 9.38 Å². The molecule has 27 heavy (non-hydrogen) atoms. The van der Waals surface area contributed by atoms with E-state index in [1.165, 1.54) is 0 Å². The lowest BCUT2D eigenvalue weighted by Gasteiger charge is -2.14. The smallest absolute Gasteiger partial charge is 0.357 e. The van der Waals surface area contributed by atoms with Crippen LogP contribution in [0.1, 0.15) is 23.6 Å². The quantitative estimate of drug-likeness (QED) is 0.277. The number of benzene rings is 1. The summed E-state index contributed by atoms with van der Waals surface area (Å²) in [5.74, 6) is -0.527. The number of alkyl halides is 3. The highest BCUT2D eigenvalue weighted by Crippen LogP contribution is 2.32. The molecule has 1 aromatic carbocycles. The van der Waals surface area contributed by atoms with E-state index in [-0.39, 0.29) is 36.1 Å². The summed E-state index contributed by atoms with van der Waals surface area (Å²) in [4.78, 5) is 4.18. The van der Waals surface area contributed by atoms with Crippen LogP contribution in [-0.2, 0) is 26.2 Å². The lowest BCUT2D eigenvalue weighted by atomic mass is 10.1. The summed E-state index contributed by atoms with van der Waals surface area (Å²) in [5, 5.41) is 10.1. The first-order valence-electron chi connectivity index (χ1n) is 8.15. The Bertz CT molecular complexity index is 758. The molecule has 0 atom stereocenters. The maximum atomic E-state index is 13.2. The highest BCUT2D eigenvalue weighted by molar-refractivity contribution is 14.0. The zero-order valence-corrected chi connectivity index (χ0v) is 17.3. The van der Waals surface area contributed by atoms with Crippen LogP contribution >= 0.6 is 24.0 Å². The number of aliphatic imine (C=N–C) groups is 1. The molecule has 0 saturated heterocycles. The van der Waals surface area contributed by atoms with Crippen molar-refractivity contribution in [2.75, 3.05) is 13.1 Å². The van der Waals surface area contributed by atoms with Gasteiger partial charge in [0.05, 0.1) is 18.3 Å². The maximum absolute atomic E-state index is 13.2. The molecule has 2 N–H and O–H groups in total. The molecule has 2 rings (SSSR count). The second-order valence-corrected chi connectivity index (χ2v) is 5.69. The molecule has 0 unspecified atom stereocenters. The van der Waals surface area contributed by atoms with Crippen molar-refractivity contribution >= 4 is 29.9 Å². The van der Waals surface area contributed by atoms with Gasteiger partial charge in [0.2, 0.25) is 0 Å². The summed E-state index contributed by atoms with van der Waals surface area (Å²) in [6.07, 6.45) is -0.290. The molecule has 0 fully saturated rings. The zero-order chi connectivity index (χ0) is 19.2. The predicted molar refractivity (Wildman–Crippen MR) is 107 cm³/mol. The van der Waals surface area contributed by atoms with Crippen molar-refractivity contribution < 1.29 is 17.6 Å². The standard InChI is InChI=1S/C17H21F4N5.HI/c1-3-22-16(23-7-6-12-9-25-26(2)11-12)24-10-13-4-5-14(18)8-15(13)17(19,20)21;/h4-5,8-9,11H,3,6-7,10H2,1-2H3,(H2,22,23,24);1H. The third-order valence-corrected chi connectivity index (χ3v) is 3.59. The SMILES string of the molecule is CCNC(=NCc1ccc(F)cc1C(F)(F)F)NCCc1cnn(C)c1.I. The van der Waals surface area contributed by atoms with E-state index in [1.807, 2.05) is 20.2 Å². The fraction of sp³-hybridized carbons (Fsp3) is 0.412. The first kappa shape index (κ1) is 23.2. The minimum Gasteiger partial charge on any atom is -0.357 e. The van der Waals surface area contributed by atoms with Crippen LogP contribution in [0.3, 0.4) is 0 Å². The summed E-state index contributed by atoms with van der Waals surface area (Å²) in [6, 6.07) is 2.61. The van der Waals surface area contributed by atoms with Crippen molar-refractivity contribution in [1.82, 2.24) is 20.4 Å². The molecule has 150 valence electrons. The van der Waals surface area contributed by atoms with Gasteiger partial charge in [0.25, 0.3) is 0 Å². The van der Waals surface area contributed by atoms with E-state index in [0.29, 0.717) is 31.5 Å². The number of aryl methyl sites for hydroxylation is 1. The number of hydrogen-bond donors (Lipinski definition) is 2. The predicted octanol–water partition coefficient (Wildman–Crippen LogP) is 3.49. The molecule has 1 heterocycles. The lowest BCUT2D eigenvalue weighted by molar-refractivity contribution is -0.138. The third kappa shape index (κ3) is 7.35. The summed E-state index contributed by atoms with van der Waals surface area (Å²) < 4.78 is 54.0. The van der Waals surface area contributed by atoms with E-state index in [1.54, 1.807) is 10.9 Å². The van der Waals surface area contributed by atoms with Gasteiger partial charge in [0, 0.05) is 26.3 Å². The third-order valence-electron chi connectivity index (χ3n) is 3.59. The van der Waals surface area contributed by atoms with Gasteiger partial charge in [-0.2, -0.15) is 18.3 Å². The van der Waals surface area contributed by atoms with Gasteiger partial charge in [-0.3, -0.25) is 4.68 Å². The van der Waals surface area contributed by atoms with Gasteiger partial charge in [-0.15, -0.1) is 24.0 Å². The Morgan fingerprint density at radius 3 is 2.59 bits per heavy atom. The zero-order valence-electron chi connectivity index (χ0n) is 15.0. The number of aromatic nitrogens is 2. The van der Waals surface area contributed by atoms with Crippen LogP contribution in [0.5, 0.6) is 0 Å². The van der Waals surface area contributed by atoms with Crippen LogP contribution in [-0.4, -0.2) is 28.8 Å². The first-order chi connectivity index (χ1) is 12.3. The molecule has 0 aliphatic heterocycles. The second-order valence-electron chi connectivity index (χ2n) is 5.69. The Balaban J connectivity index is 0.00000364. The van der Waals surface area contributed by atoms with Crippen LogP contribution in [0.2, 0.25) is 0 Å². The van der Waals surface area contributed by atoms with E-state index in [4.69, 9.17) is 0 Å². The molecule has 0 aliphatic rings. The van der Waals surface area contributed by atoms with Crippen molar-refractivity contribution in [2.45, 2.75) is 26.1 Å². The largest absolute Gasteiger partial charge is 0.416 e. The normalized spacial score (nSPS) is 11.9. The topological polar surface area (TPSA) is 54.2 Å². The molecule has 0 radical (unpaired) electrons. The molecule has 0 spiro atoms. The highest BCUT2D eigenvalue weighted by atomic mass is 127. The number of hydrogen-bond acceptors (Lipinski definition) is 2. The average molecular weight is 499 g/mol. The van der Waals surface area contributed by atoms with Crippen LogP contribution in [0.15, 0.2) is 35.6 Å². The van der Waals surface area contributed by atoms with Gasteiger partial charge in [-0.1, -0.05) is 6.07 Å². The molecule has 1 aromatic heterocycles. The Labute approximate surface area is 172 Å². The highest BCUT2D eigenvalue weighted by Gasteiger charge is 2.33. The fourth-order valence-electron chi connectivity index (χ4n) is 2.38. The van der Waals surface area contributed by atoms with Crippen LogP contribution < -0.4 is 10.6 Å². The van der Waals surface area contributed by atoms with Gasteiger partial charge in [0.1, 0.15) is 5.82 Å². The van der Waals surface area contributed by atoms with Crippen molar-refractivity contribution in [3.8, 4) is 0 Å². The minimum absolute atomic E-state index is 0. The number of nitrogens with one attached hydrogen (secondary N) is 2. The van der Waals surface area contributed by atoms with E-state index < -0.39 is 17.6 Å². The number of halogens is 5. The Morgan fingerprint density at radius 2 is 2.00 bits per heavy atom. The molecule has 0 amide bonds. The number of nitrogens with zero attached hydrogens (tertiary/aromatic N) is 3. The van der Waals surface area contributed by atoms with Crippen LogP contribution in [0.25, 0.3) is 0 Å². The number of rotatable bonds is 6. The summed E-state index contributed by atoms with van der Waals surface area (Å²) in [6.45, 7) is 2.76. The van der Waals surface area contributed by atoms with E-state index in [2.05, 4.69) is 20.7 Å². The van der Waals surface area contributed by atoms with E-state index in [9.17, 15) is 17.6 Å². The van der Waals surface area contributed by atoms with Gasteiger partial charge < -0.3 is 10.6 Å². The average Bonchev–Trinajstić information content (AvgIpc) is 2.98.